The Hall–Kier alpha value is -3.67. The topological polar surface area (TPSA) is 80.3 Å². The van der Waals surface area contributed by atoms with Crippen molar-refractivity contribution in [1.29, 1.82) is 0 Å². The number of amides is 2. The third kappa shape index (κ3) is 6.44. The Morgan fingerprint density at radius 3 is 2.56 bits per heavy atom. The number of pyridine rings is 1. The molecule has 6 heteroatoms. The van der Waals surface area contributed by atoms with E-state index in [1.807, 2.05) is 49.4 Å². The molecule has 0 spiro atoms. The summed E-state index contributed by atoms with van der Waals surface area (Å²) in [5.74, 6) is 0.699. The van der Waals surface area contributed by atoms with Gasteiger partial charge in [-0.05, 0) is 61.7 Å². The molecule has 1 atom stereocenters. The van der Waals surface area contributed by atoms with E-state index >= 15 is 0 Å². The van der Waals surface area contributed by atoms with Gasteiger partial charge in [-0.25, -0.2) is 0 Å². The third-order valence-corrected chi connectivity index (χ3v) is 6.22. The van der Waals surface area contributed by atoms with Crippen molar-refractivity contribution < 1.29 is 14.3 Å². The molecule has 2 amide bonds. The normalized spacial score (nSPS) is 14.7. The summed E-state index contributed by atoms with van der Waals surface area (Å²) in [7, 11) is 0. The Balaban J connectivity index is 1.31. The van der Waals surface area contributed by atoms with Crippen LogP contribution in [0.5, 0.6) is 5.75 Å². The fourth-order valence-corrected chi connectivity index (χ4v) is 4.21. The van der Waals surface area contributed by atoms with Gasteiger partial charge in [0.2, 0.25) is 5.91 Å². The summed E-state index contributed by atoms with van der Waals surface area (Å²) < 4.78 is 5.80. The minimum Gasteiger partial charge on any atom is -0.489 e. The van der Waals surface area contributed by atoms with Crippen molar-refractivity contribution >= 4 is 17.5 Å². The van der Waals surface area contributed by atoms with E-state index in [0.29, 0.717) is 17.9 Å². The van der Waals surface area contributed by atoms with Gasteiger partial charge in [-0.15, -0.1) is 0 Å². The van der Waals surface area contributed by atoms with Crippen molar-refractivity contribution in [3.63, 3.8) is 0 Å². The molecule has 34 heavy (non-hydrogen) atoms. The molecule has 0 saturated heterocycles. The number of nitrogens with zero attached hydrogens (tertiary/aromatic N) is 1. The van der Waals surface area contributed by atoms with E-state index in [-0.39, 0.29) is 23.8 Å². The summed E-state index contributed by atoms with van der Waals surface area (Å²) in [6.45, 7) is 2.39. The van der Waals surface area contributed by atoms with Crippen molar-refractivity contribution in [1.82, 2.24) is 10.3 Å². The van der Waals surface area contributed by atoms with E-state index < -0.39 is 0 Å². The predicted octanol–water partition coefficient (Wildman–Crippen LogP) is 5.67. The van der Waals surface area contributed by atoms with Gasteiger partial charge in [0.25, 0.3) is 5.91 Å². The number of aromatic nitrogens is 1. The average molecular weight is 458 g/mol. The van der Waals surface area contributed by atoms with Gasteiger partial charge < -0.3 is 15.4 Å². The molecule has 4 rings (SSSR count). The molecule has 1 aliphatic carbocycles. The molecular weight excluding hydrogens is 426 g/mol. The van der Waals surface area contributed by atoms with Gasteiger partial charge in [0.15, 0.2) is 0 Å². The van der Waals surface area contributed by atoms with Crippen LogP contribution in [0.2, 0.25) is 0 Å². The monoisotopic (exact) mass is 457 g/mol. The zero-order valence-corrected chi connectivity index (χ0v) is 19.5. The first-order valence-corrected chi connectivity index (χ1v) is 11.9. The second kappa shape index (κ2) is 11.5. The van der Waals surface area contributed by atoms with Gasteiger partial charge in [-0.3, -0.25) is 14.6 Å². The molecule has 0 aliphatic heterocycles. The SMILES string of the molecule is CC(NC(=O)c1cccc(NC(=O)C2CCCCC2)c1)c1ccc(OCc2cccnc2)cc1. The van der Waals surface area contributed by atoms with Crippen molar-refractivity contribution in [2.75, 3.05) is 5.32 Å². The number of carbonyl (C=O) groups excluding carboxylic acids is 2. The Kier molecular flexibility index (Phi) is 7.91. The number of hydrogen-bond acceptors (Lipinski definition) is 4. The molecule has 2 aromatic carbocycles. The Labute approximate surface area is 200 Å². The summed E-state index contributed by atoms with van der Waals surface area (Å²) in [5.41, 5.74) is 3.16. The molecule has 3 aromatic rings. The molecule has 1 saturated carbocycles. The van der Waals surface area contributed by atoms with E-state index in [1.54, 1.807) is 30.6 Å². The summed E-state index contributed by atoms with van der Waals surface area (Å²) >= 11 is 0. The number of carbonyl (C=O) groups is 2. The highest BCUT2D eigenvalue weighted by molar-refractivity contribution is 5.97. The van der Waals surface area contributed by atoms with E-state index in [9.17, 15) is 9.59 Å². The predicted molar refractivity (Wildman–Crippen MR) is 133 cm³/mol. The van der Waals surface area contributed by atoms with Gasteiger partial charge in [0, 0.05) is 35.1 Å². The highest BCUT2D eigenvalue weighted by atomic mass is 16.5. The van der Waals surface area contributed by atoms with E-state index in [2.05, 4.69) is 15.6 Å². The van der Waals surface area contributed by atoms with Crippen LogP contribution < -0.4 is 15.4 Å². The summed E-state index contributed by atoms with van der Waals surface area (Å²) in [5, 5.41) is 6.02. The second-order valence-corrected chi connectivity index (χ2v) is 8.82. The fraction of sp³-hybridized carbons (Fsp3) is 0.321. The lowest BCUT2D eigenvalue weighted by Gasteiger charge is -2.21. The molecule has 2 N–H and O–H groups in total. The molecular formula is C28H31N3O3. The first-order chi connectivity index (χ1) is 16.6. The molecule has 1 fully saturated rings. The lowest BCUT2D eigenvalue weighted by atomic mass is 9.88. The second-order valence-electron chi connectivity index (χ2n) is 8.82. The molecule has 1 heterocycles. The summed E-state index contributed by atoms with van der Waals surface area (Å²) in [6.07, 6.45) is 8.82. The standard InChI is InChI=1S/C28H31N3O3/c1-20(22-12-14-26(15-13-22)34-19-21-7-6-16-29-18-21)30-28(33)24-10-5-11-25(17-24)31-27(32)23-8-3-2-4-9-23/h5-7,10-18,20,23H,2-4,8-9,19H2,1H3,(H,30,33)(H,31,32). The van der Waals surface area contributed by atoms with Crippen LogP contribution in [0.25, 0.3) is 0 Å². The third-order valence-electron chi connectivity index (χ3n) is 6.22. The van der Waals surface area contributed by atoms with Crippen LogP contribution in [0, 0.1) is 5.92 Å². The highest BCUT2D eigenvalue weighted by Gasteiger charge is 2.21. The van der Waals surface area contributed by atoms with Gasteiger partial charge >= 0.3 is 0 Å². The quantitative estimate of drug-likeness (QED) is 0.457. The average Bonchev–Trinajstić information content (AvgIpc) is 2.89. The van der Waals surface area contributed by atoms with Gasteiger partial charge in [-0.1, -0.05) is 43.5 Å². The lowest BCUT2D eigenvalue weighted by molar-refractivity contribution is -0.120. The molecule has 0 radical (unpaired) electrons. The van der Waals surface area contributed by atoms with Crippen molar-refractivity contribution in [2.24, 2.45) is 5.92 Å². The number of rotatable bonds is 8. The maximum atomic E-state index is 12.8. The minimum absolute atomic E-state index is 0.0523. The number of hydrogen-bond donors (Lipinski definition) is 2. The number of ether oxygens (including phenoxy) is 1. The highest BCUT2D eigenvalue weighted by Crippen LogP contribution is 2.25. The van der Waals surface area contributed by atoms with Crippen LogP contribution in [0.15, 0.2) is 73.1 Å². The summed E-state index contributed by atoms with van der Waals surface area (Å²) in [4.78, 5) is 29.5. The maximum Gasteiger partial charge on any atom is 0.251 e. The summed E-state index contributed by atoms with van der Waals surface area (Å²) in [6, 6.07) is 18.5. The van der Waals surface area contributed by atoms with Crippen LogP contribution in [0.1, 0.15) is 66.6 Å². The number of anilines is 1. The van der Waals surface area contributed by atoms with Crippen molar-refractivity contribution in [3.8, 4) is 5.75 Å². The Bertz CT molecular complexity index is 1090. The number of benzene rings is 2. The molecule has 1 aliphatic rings. The zero-order chi connectivity index (χ0) is 23.8. The first kappa shape index (κ1) is 23.5. The number of nitrogens with one attached hydrogen (secondary N) is 2. The van der Waals surface area contributed by atoms with Crippen LogP contribution in [-0.4, -0.2) is 16.8 Å². The fourth-order valence-electron chi connectivity index (χ4n) is 4.21. The molecule has 1 aromatic heterocycles. The van der Waals surface area contributed by atoms with Crippen LogP contribution in [-0.2, 0) is 11.4 Å². The Morgan fingerprint density at radius 2 is 1.82 bits per heavy atom. The van der Waals surface area contributed by atoms with Gasteiger partial charge in [0.05, 0.1) is 6.04 Å². The lowest BCUT2D eigenvalue weighted by Crippen LogP contribution is -2.27. The molecule has 6 nitrogen and oxygen atoms in total. The molecule has 0 bridgehead atoms. The van der Waals surface area contributed by atoms with E-state index in [1.165, 1.54) is 6.42 Å². The van der Waals surface area contributed by atoms with E-state index in [0.717, 1.165) is 42.6 Å². The van der Waals surface area contributed by atoms with Crippen LogP contribution in [0.4, 0.5) is 5.69 Å². The molecule has 176 valence electrons. The smallest absolute Gasteiger partial charge is 0.251 e. The minimum atomic E-state index is -0.182. The largest absolute Gasteiger partial charge is 0.489 e. The van der Waals surface area contributed by atoms with Crippen LogP contribution >= 0.6 is 0 Å². The van der Waals surface area contributed by atoms with Gasteiger partial charge in [-0.2, -0.15) is 0 Å². The zero-order valence-electron chi connectivity index (χ0n) is 19.5. The van der Waals surface area contributed by atoms with Gasteiger partial charge in [0.1, 0.15) is 12.4 Å². The first-order valence-electron chi connectivity index (χ1n) is 11.9. The van der Waals surface area contributed by atoms with Crippen molar-refractivity contribution in [3.05, 3.63) is 89.7 Å². The maximum absolute atomic E-state index is 12.8. The Morgan fingerprint density at radius 1 is 1.03 bits per heavy atom. The van der Waals surface area contributed by atoms with Crippen LogP contribution in [0.3, 0.4) is 0 Å². The van der Waals surface area contributed by atoms with Crippen molar-refractivity contribution in [2.45, 2.75) is 51.7 Å². The molecule has 1 unspecified atom stereocenters. The van der Waals surface area contributed by atoms with E-state index in [4.69, 9.17) is 4.74 Å².